The van der Waals surface area contributed by atoms with Crippen molar-refractivity contribution in [2.75, 3.05) is 18.2 Å². The van der Waals surface area contributed by atoms with E-state index in [1.165, 1.54) is 19.2 Å². The number of rotatable bonds is 8. The maximum atomic E-state index is 12.0. The third kappa shape index (κ3) is 5.30. The molecule has 6 heteroatoms. The number of thioether (sulfide) groups is 1. The molecule has 0 fully saturated rings. The number of carboxylic acid groups (broad SMARTS) is 1. The van der Waals surface area contributed by atoms with Crippen molar-refractivity contribution >= 4 is 29.3 Å². The largest absolute Gasteiger partial charge is 0.496 e. The first kappa shape index (κ1) is 17.4. The SMILES string of the molecule is CCCCSC(C)C(=O)Nc1ccc(C(=O)O)c(OC)c1. The first-order valence-electron chi connectivity index (χ1n) is 6.83. The summed E-state index contributed by atoms with van der Waals surface area (Å²) in [5.41, 5.74) is 0.602. The fourth-order valence-electron chi connectivity index (χ4n) is 1.67. The van der Waals surface area contributed by atoms with E-state index in [0.717, 1.165) is 18.6 Å². The third-order valence-electron chi connectivity index (χ3n) is 2.93. The maximum Gasteiger partial charge on any atom is 0.339 e. The fraction of sp³-hybridized carbons (Fsp3) is 0.467. The molecular formula is C15H21NO4S. The molecule has 116 valence electrons. The topological polar surface area (TPSA) is 75.6 Å². The number of ether oxygens (including phenoxy) is 1. The van der Waals surface area contributed by atoms with E-state index >= 15 is 0 Å². The summed E-state index contributed by atoms with van der Waals surface area (Å²) in [6.07, 6.45) is 2.19. The number of aromatic carboxylic acids is 1. The van der Waals surface area contributed by atoms with Crippen LogP contribution in [-0.2, 0) is 4.79 Å². The van der Waals surface area contributed by atoms with Crippen LogP contribution in [0.1, 0.15) is 37.0 Å². The summed E-state index contributed by atoms with van der Waals surface area (Å²) < 4.78 is 5.03. The number of methoxy groups -OCH3 is 1. The molecule has 0 heterocycles. The molecule has 0 bridgehead atoms. The summed E-state index contributed by atoms with van der Waals surface area (Å²) in [6, 6.07) is 4.50. The van der Waals surface area contributed by atoms with E-state index in [-0.39, 0.29) is 22.5 Å². The molecule has 1 amide bonds. The van der Waals surface area contributed by atoms with E-state index in [1.807, 2.05) is 6.92 Å². The number of carbonyl (C=O) groups excluding carboxylic acids is 1. The van der Waals surface area contributed by atoms with Gasteiger partial charge in [0.15, 0.2) is 0 Å². The number of unbranched alkanes of at least 4 members (excludes halogenated alkanes) is 1. The summed E-state index contributed by atoms with van der Waals surface area (Å²) in [4.78, 5) is 23.0. The van der Waals surface area contributed by atoms with Crippen molar-refractivity contribution in [2.45, 2.75) is 31.9 Å². The van der Waals surface area contributed by atoms with E-state index in [2.05, 4.69) is 12.2 Å². The number of carboxylic acids is 1. The molecule has 1 atom stereocenters. The van der Waals surface area contributed by atoms with Gasteiger partial charge >= 0.3 is 5.97 Å². The molecule has 1 unspecified atom stereocenters. The average molecular weight is 311 g/mol. The number of anilines is 1. The van der Waals surface area contributed by atoms with Crippen LogP contribution in [0.5, 0.6) is 5.75 Å². The van der Waals surface area contributed by atoms with Crippen LogP contribution < -0.4 is 10.1 Å². The highest BCUT2D eigenvalue weighted by molar-refractivity contribution is 8.00. The van der Waals surface area contributed by atoms with Crippen molar-refractivity contribution in [1.82, 2.24) is 0 Å². The Hall–Kier alpha value is -1.69. The van der Waals surface area contributed by atoms with Crippen LogP contribution in [0.4, 0.5) is 5.69 Å². The first-order chi connectivity index (χ1) is 9.99. The lowest BCUT2D eigenvalue weighted by Gasteiger charge is -2.13. The van der Waals surface area contributed by atoms with Gasteiger partial charge in [-0.3, -0.25) is 4.79 Å². The Morgan fingerprint density at radius 3 is 2.71 bits per heavy atom. The molecule has 0 aliphatic rings. The standard InChI is InChI=1S/C15H21NO4S/c1-4-5-8-21-10(2)14(17)16-11-6-7-12(15(18)19)13(9-11)20-3/h6-7,9-10H,4-5,8H2,1-3H3,(H,16,17)(H,18,19). The lowest BCUT2D eigenvalue weighted by molar-refractivity contribution is -0.115. The molecule has 1 rings (SSSR count). The molecule has 0 aliphatic heterocycles. The van der Waals surface area contributed by atoms with Crippen LogP contribution in [0, 0.1) is 0 Å². The molecule has 21 heavy (non-hydrogen) atoms. The van der Waals surface area contributed by atoms with E-state index in [9.17, 15) is 9.59 Å². The smallest absolute Gasteiger partial charge is 0.339 e. The summed E-state index contributed by atoms with van der Waals surface area (Å²) >= 11 is 1.61. The van der Waals surface area contributed by atoms with E-state index < -0.39 is 5.97 Å². The normalized spacial score (nSPS) is 11.8. The first-order valence-corrected chi connectivity index (χ1v) is 7.88. The Bertz CT molecular complexity index is 504. The van der Waals surface area contributed by atoms with Gasteiger partial charge in [0.25, 0.3) is 0 Å². The second kappa shape index (κ2) is 8.56. The van der Waals surface area contributed by atoms with Gasteiger partial charge in [-0.25, -0.2) is 4.79 Å². The van der Waals surface area contributed by atoms with E-state index in [4.69, 9.17) is 9.84 Å². The van der Waals surface area contributed by atoms with Gasteiger partial charge in [-0.2, -0.15) is 0 Å². The Morgan fingerprint density at radius 1 is 1.43 bits per heavy atom. The van der Waals surface area contributed by atoms with Crippen molar-refractivity contribution < 1.29 is 19.4 Å². The van der Waals surface area contributed by atoms with Crippen LogP contribution in [-0.4, -0.2) is 35.1 Å². The van der Waals surface area contributed by atoms with Crippen molar-refractivity contribution in [3.63, 3.8) is 0 Å². The molecule has 5 nitrogen and oxygen atoms in total. The minimum atomic E-state index is -1.06. The van der Waals surface area contributed by atoms with Crippen molar-refractivity contribution in [3.8, 4) is 5.75 Å². The summed E-state index contributed by atoms with van der Waals surface area (Å²) in [5, 5.41) is 11.6. The quantitative estimate of drug-likeness (QED) is 0.721. The van der Waals surface area contributed by atoms with Crippen molar-refractivity contribution in [2.24, 2.45) is 0 Å². The van der Waals surface area contributed by atoms with Gasteiger partial charge in [0.1, 0.15) is 11.3 Å². The Balaban J connectivity index is 2.70. The third-order valence-corrected chi connectivity index (χ3v) is 4.17. The highest BCUT2D eigenvalue weighted by Crippen LogP contribution is 2.24. The molecule has 0 saturated carbocycles. The molecule has 2 N–H and O–H groups in total. The zero-order chi connectivity index (χ0) is 15.8. The second-order valence-electron chi connectivity index (χ2n) is 4.58. The predicted octanol–water partition coefficient (Wildman–Crippen LogP) is 3.25. The van der Waals surface area contributed by atoms with Crippen LogP contribution in [0.15, 0.2) is 18.2 Å². The van der Waals surface area contributed by atoms with Crippen molar-refractivity contribution in [3.05, 3.63) is 23.8 Å². The van der Waals surface area contributed by atoms with Crippen LogP contribution in [0.3, 0.4) is 0 Å². The van der Waals surface area contributed by atoms with Crippen molar-refractivity contribution in [1.29, 1.82) is 0 Å². The molecular weight excluding hydrogens is 290 g/mol. The summed E-state index contributed by atoms with van der Waals surface area (Å²) in [7, 11) is 1.40. The van der Waals surface area contributed by atoms with Crippen LogP contribution >= 0.6 is 11.8 Å². The molecule has 0 aliphatic carbocycles. The Morgan fingerprint density at radius 2 is 2.14 bits per heavy atom. The predicted molar refractivity (Wildman–Crippen MR) is 85.4 cm³/mol. The maximum absolute atomic E-state index is 12.0. The van der Waals surface area contributed by atoms with Gasteiger partial charge in [0, 0.05) is 11.8 Å². The number of benzene rings is 1. The van der Waals surface area contributed by atoms with Gasteiger partial charge in [-0.1, -0.05) is 13.3 Å². The van der Waals surface area contributed by atoms with Gasteiger partial charge in [0.05, 0.1) is 12.4 Å². The molecule has 0 radical (unpaired) electrons. The van der Waals surface area contributed by atoms with E-state index in [1.54, 1.807) is 17.8 Å². The van der Waals surface area contributed by atoms with E-state index in [0.29, 0.717) is 5.69 Å². The van der Waals surface area contributed by atoms with Gasteiger partial charge in [-0.05, 0) is 31.2 Å². The molecule has 0 spiro atoms. The minimum absolute atomic E-state index is 0.0702. The minimum Gasteiger partial charge on any atom is -0.496 e. The summed E-state index contributed by atoms with van der Waals surface area (Å²) in [6.45, 7) is 3.97. The summed E-state index contributed by atoms with van der Waals surface area (Å²) in [5.74, 6) is 0.0212. The number of hydrogen-bond acceptors (Lipinski definition) is 4. The average Bonchev–Trinajstić information content (AvgIpc) is 2.46. The molecule has 1 aromatic rings. The number of hydrogen-bond donors (Lipinski definition) is 2. The zero-order valence-corrected chi connectivity index (χ0v) is 13.3. The highest BCUT2D eigenvalue weighted by atomic mass is 32.2. The molecule has 0 saturated heterocycles. The fourth-order valence-corrected chi connectivity index (χ4v) is 2.69. The lowest BCUT2D eigenvalue weighted by atomic mass is 10.2. The highest BCUT2D eigenvalue weighted by Gasteiger charge is 2.15. The second-order valence-corrected chi connectivity index (χ2v) is 6.02. The van der Waals surface area contributed by atoms with Gasteiger partial charge in [-0.15, -0.1) is 11.8 Å². The number of nitrogens with one attached hydrogen (secondary N) is 1. The molecule has 0 aromatic heterocycles. The number of amides is 1. The van der Waals surface area contributed by atoms with Crippen LogP contribution in [0.25, 0.3) is 0 Å². The molecule has 1 aromatic carbocycles. The monoisotopic (exact) mass is 311 g/mol. The van der Waals surface area contributed by atoms with Gasteiger partial charge < -0.3 is 15.2 Å². The van der Waals surface area contributed by atoms with Crippen LogP contribution in [0.2, 0.25) is 0 Å². The lowest BCUT2D eigenvalue weighted by Crippen LogP contribution is -2.22. The van der Waals surface area contributed by atoms with Gasteiger partial charge in [0.2, 0.25) is 5.91 Å². The zero-order valence-electron chi connectivity index (χ0n) is 12.5. The Kier molecular flexibility index (Phi) is 7.08. The number of carbonyl (C=O) groups is 2. The Labute approximate surface area is 129 Å².